The van der Waals surface area contributed by atoms with Crippen LogP contribution in [0, 0.1) is 5.92 Å². The normalized spacial score (nSPS) is 30.4. The van der Waals surface area contributed by atoms with Crippen LogP contribution in [0.15, 0.2) is 30.3 Å². The highest BCUT2D eigenvalue weighted by Gasteiger charge is 2.34. The molecule has 4 nitrogen and oxygen atoms in total. The van der Waals surface area contributed by atoms with Gasteiger partial charge in [0.1, 0.15) is 0 Å². The molecule has 0 aliphatic carbocycles. The van der Waals surface area contributed by atoms with Gasteiger partial charge in [0.05, 0.1) is 12.5 Å². The third-order valence-electron chi connectivity index (χ3n) is 4.48. The van der Waals surface area contributed by atoms with Crippen LogP contribution in [0.4, 0.5) is 0 Å². The van der Waals surface area contributed by atoms with Crippen LogP contribution in [0.5, 0.6) is 0 Å². The number of hydrogen-bond acceptors (Lipinski definition) is 3. The van der Waals surface area contributed by atoms with Gasteiger partial charge >= 0.3 is 0 Å². The van der Waals surface area contributed by atoms with Crippen LogP contribution in [0.3, 0.4) is 0 Å². The van der Waals surface area contributed by atoms with E-state index in [9.17, 15) is 4.79 Å². The zero-order valence-electron chi connectivity index (χ0n) is 11.7. The van der Waals surface area contributed by atoms with Gasteiger partial charge in [-0.1, -0.05) is 30.3 Å². The highest BCUT2D eigenvalue weighted by Crippen LogP contribution is 2.28. The number of carbonyl (C=O) groups excluding carboxylic acids is 1. The molecule has 3 rings (SSSR count). The van der Waals surface area contributed by atoms with Crippen molar-refractivity contribution in [3.63, 3.8) is 0 Å². The predicted octanol–water partition coefficient (Wildman–Crippen LogP) is 1.37. The zero-order valence-corrected chi connectivity index (χ0v) is 11.7. The first-order valence-corrected chi connectivity index (χ1v) is 7.43. The summed E-state index contributed by atoms with van der Waals surface area (Å²) in [6.07, 6.45) is 1.80. The molecule has 2 aliphatic rings. The second-order valence-corrected chi connectivity index (χ2v) is 5.81. The molecule has 3 atom stereocenters. The van der Waals surface area contributed by atoms with Gasteiger partial charge in [0.25, 0.3) is 0 Å². The lowest BCUT2D eigenvalue weighted by Crippen LogP contribution is -2.51. The number of rotatable bonds is 2. The van der Waals surface area contributed by atoms with E-state index in [1.54, 1.807) is 0 Å². The molecule has 2 aliphatic heterocycles. The fourth-order valence-corrected chi connectivity index (χ4v) is 3.28. The maximum absolute atomic E-state index is 12.4. The Balaban J connectivity index is 1.63. The van der Waals surface area contributed by atoms with Gasteiger partial charge < -0.3 is 15.4 Å². The lowest BCUT2D eigenvalue weighted by molar-refractivity contribution is -0.136. The predicted molar refractivity (Wildman–Crippen MR) is 77.3 cm³/mol. The van der Waals surface area contributed by atoms with Gasteiger partial charge in [0.2, 0.25) is 5.91 Å². The average molecular weight is 274 g/mol. The average Bonchev–Trinajstić information content (AvgIpc) is 3.01. The third kappa shape index (κ3) is 2.72. The van der Waals surface area contributed by atoms with Crippen molar-refractivity contribution in [2.45, 2.75) is 24.8 Å². The van der Waals surface area contributed by atoms with Crippen molar-refractivity contribution in [3.05, 3.63) is 35.9 Å². The number of ether oxygens (including phenoxy) is 1. The minimum Gasteiger partial charge on any atom is -0.381 e. The summed E-state index contributed by atoms with van der Waals surface area (Å²) in [4.78, 5) is 14.3. The minimum absolute atomic E-state index is 0.0254. The molecule has 2 saturated heterocycles. The highest BCUT2D eigenvalue weighted by molar-refractivity contribution is 5.79. The van der Waals surface area contributed by atoms with E-state index < -0.39 is 0 Å². The number of amides is 1. The summed E-state index contributed by atoms with van der Waals surface area (Å²) in [6, 6.07) is 10.4. The van der Waals surface area contributed by atoms with Crippen LogP contribution in [0.1, 0.15) is 24.3 Å². The quantitative estimate of drug-likeness (QED) is 0.886. The number of carbonyl (C=O) groups is 1. The van der Waals surface area contributed by atoms with Crippen LogP contribution >= 0.6 is 0 Å². The number of hydrogen-bond donors (Lipinski definition) is 1. The lowest BCUT2D eigenvalue weighted by Gasteiger charge is -2.38. The van der Waals surface area contributed by atoms with Crippen LogP contribution in [-0.4, -0.2) is 43.2 Å². The van der Waals surface area contributed by atoms with Crippen LogP contribution in [0.25, 0.3) is 0 Å². The summed E-state index contributed by atoms with van der Waals surface area (Å²) in [6.45, 7) is 2.76. The molecule has 2 fully saturated rings. The van der Waals surface area contributed by atoms with Gasteiger partial charge in [-0.05, 0) is 18.4 Å². The topological polar surface area (TPSA) is 55.6 Å². The van der Waals surface area contributed by atoms with Crippen molar-refractivity contribution in [1.82, 2.24) is 4.90 Å². The van der Waals surface area contributed by atoms with E-state index >= 15 is 0 Å². The smallest absolute Gasteiger partial charge is 0.228 e. The standard InChI is InChI=1S/C16H22N2O2/c17-15-10-18(16(19)13-7-9-20-11-13)8-6-14(15)12-4-2-1-3-5-12/h1-5,13-15H,6-11,17H2. The van der Waals surface area contributed by atoms with Crippen molar-refractivity contribution in [2.24, 2.45) is 11.7 Å². The Morgan fingerprint density at radius 2 is 2.05 bits per heavy atom. The fourth-order valence-electron chi connectivity index (χ4n) is 3.28. The molecule has 4 heteroatoms. The SMILES string of the molecule is NC1CN(C(=O)C2CCOC2)CCC1c1ccccc1. The summed E-state index contributed by atoms with van der Waals surface area (Å²) < 4.78 is 5.31. The number of piperidine rings is 1. The van der Waals surface area contributed by atoms with Gasteiger partial charge in [-0.3, -0.25) is 4.79 Å². The van der Waals surface area contributed by atoms with E-state index in [0.29, 0.717) is 25.7 Å². The van der Waals surface area contributed by atoms with Crippen molar-refractivity contribution in [1.29, 1.82) is 0 Å². The molecule has 2 heterocycles. The molecule has 0 radical (unpaired) electrons. The summed E-state index contributed by atoms with van der Waals surface area (Å²) >= 11 is 0. The molecular formula is C16H22N2O2. The third-order valence-corrected chi connectivity index (χ3v) is 4.48. The van der Waals surface area contributed by atoms with Gasteiger partial charge in [-0.2, -0.15) is 0 Å². The summed E-state index contributed by atoms with van der Waals surface area (Å²) in [5.41, 5.74) is 7.60. The highest BCUT2D eigenvalue weighted by atomic mass is 16.5. The summed E-state index contributed by atoms with van der Waals surface area (Å²) in [5.74, 6) is 0.639. The van der Waals surface area contributed by atoms with E-state index in [4.69, 9.17) is 10.5 Å². The zero-order chi connectivity index (χ0) is 13.9. The molecule has 0 aromatic heterocycles. The first-order valence-electron chi connectivity index (χ1n) is 7.43. The molecule has 0 spiro atoms. The van der Waals surface area contributed by atoms with Crippen molar-refractivity contribution >= 4 is 5.91 Å². The fraction of sp³-hybridized carbons (Fsp3) is 0.562. The number of likely N-dealkylation sites (tertiary alicyclic amines) is 1. The molecule has 1 amide bonds. The molecule has 0 saturated carbocycles. The second-order valence-electron chi connectivity index (χ2n) is 5.81. The molecule has 108 valence electrons. The van der Waals surface area contributed by atoms with Crippen molar-refractivity contribution in [2.75, 3.05) is 26.3 Å². The van der Waals surface area contributed by atoms with Crippen LogP contribution in [-0.2, 0) is 9.53 Å². The molecule has 20 heavy (non-hydrogen) atoms. The molecule has 0 bridgehead atoms. The molecule has 2 N–H and O–H groups in total. The molecule has 3 unspecified atom stereocenters. The lowest BCUT2D eigenvalue weighted by atomic mass is 9.85. The van der Waals surface area contributed by atoms with E-state index in [0.717, 1.165) is 19.4 Å². The van der Waals surface area contributed by atoms with Gasteiger partial charge in [0.15, 0.2) is 0 Å². The molecule has 1 aromatic carbocycles. The van der Waals surface area contributed by atoms with Gasteiger partial charge in [-0.15, -0.1) is 0 Å². The maximum Gasteiger partial charge on any atom is 0.228 e. The van der Waals surface area contributed by atoms with Gasteiger partial charge in [-0.25, -0.2) is 0 Å². The Morgan fingerprint density at radius 3 is 2.70 bits per heavy atom. The molecule has 1 aromatic rings. The summed E-state index contributed by atoms with van der Waals surface area (Å²) in [7, 11) is 0. The maximum atomic E-state index is 12.4. The van der Waals surface area contributed by atoms with Crippen LogP contribution in [0.2, 0.25) is 0 Å². The van der Waals surface area contributed by atoms with E-state index in [2.05, 4.69) is 24.3 Å². The number of nitrogens with two attached hydrogens (primary N) is 1. The molecular weight excluding hydrogens is 252 g/mol. The Labute approximate surface area is 119 Å². The summed E-state index contributed by atoms with van der Waals surface area (Å²) in [5, 5.41) is 0. The van der Waals surface area contributed by atoms with Crippen molar-refractivity contribution in [3.8, 4) is 0 Å². The van der Waals surface area contributed by atoms with E-state index in [-0.39, 0.29) is 17.9 Å². The minimum atomic E-state index is 0.0254. The van der Waals surface area contributed by atoms with Crippen molar-refractivity contribution < 1.29 is 9.53 Å². The number of benzene rings is 1. The number of nitrogens with zero attached hydrogens (tertiary/aromatic N) is 1. The Morgan fingerprint density at radius 1 is 1.25 bits per heavy atom. The second kappa shape index (κ2) is 5.94. The Bertz CT molecular complexity index is 457. The first kappa shape index (κ1) is 13.6. The first-order chi connectivity index (χ1) is 9.75. The largest absolute Gasteiger partial charge is 0.381 e. The van der Waals surface area contributed by atoms with E-state index in [1.165, 1.54) is 5.56 Å². The Kier molecular flexibility index (Phi) is 4.03. The van der Waals surface area contributed by atoms with E-state index in [1.807, 2.05) is 11.0 Å². The van der Waals surface area contributed by atoms with Gasteiger partial charge in [0, 0.05) is 31.7 Å². The Hall–Kier alpha value is -1.39. The van der Waals surface area contributed by atoms with Crippen LogP contribution < -0.4 is 5.73 Å². The monoisotopic (exact) mass is 274 g/mol.